The lowest BCUT2D eigenvalue weighted by Crippen LogP contribution is -2.14. The lowest BCUT2D eigenvalue weighted by atomic mass is 10.2. The number of fused-ring (bicyclic) bond motifs is 1. The van der Waals surface area contributed by atoms with Gasteiger partial charge in [0.25, 0.3) is 0 Å². The van der Waals surface area contributed by atoms with Gasteiger partial charge in [-0.1, -0.05) is 0 Å². The van der Waals surface area contributed by atoms with E-state index in [2.05, 4.69) is 4.98 Å². The molecule has 5 nitrogen and oxygen atoms in total. The van der Waals surface area contributed by atoms with Crippen LogP contribution in [-0.4, -0.2) is 39.6 Å². The molecule has 0 atom stereocenters. The summed E-state index contributed by atoms with van der Waals surface area (Å²) in [4.78, 5) is 17.4. The lowest BCUT2D eigenvalue weighted by molar-refractivity contribution is 0.0697. The zero-order valence-electron chi connectivity index (χ0n) is 10.1. The van der Waals surface area contributed by atoms with E-state index in [4.69, 9.17) is 5.11 Å². The Morgan fingerprint density at radius 3 is 2.76 bits per heavy atom. The highest BCUT2D eigenvalue weighted by atomic mass is 16.4. The Morgan fingerprint density at radius 2 is 2.18 bits per heavy atom. The molecule has 0 aliphatic carbocycles. The molecule has 1 heterocycles. The summed E-state index contributed by atoms with van der Waals surface area (Å²) in [6.07, 6.45) is 0. The van der Waals surface area contributed by atoms with Gasteiger partial charge < -0.3 is 14.6 Å². The molecule has 1 aromatic carbocycles. The zero-order chi connectivity index (χ0) is 12.6. The molecule has 90 valence electrons. The van der Waals surface area contributed by atoms with Crippen LogP contribution in [0, 0.1) is 0 Å². The van der Waals surface area contributed by atoms with Gasteiger partial charge in [-0.05, 0) is 32.3 Å². The SMILES string of the molecule is CN(C)Cc1nc2cc(C(=O)O)ccc2n1C. The van der Waals surface area contributed by atoms with Crippen LogP contribution in [0.25, 0.3) is 11.0 Å². The highest BCUT2D eigenvalue weighted by Crippen LogP contribution is 2.17. The van der Waals surface area contributed by atoms with Gasteiger partial charge in [0.2, 0.25) is 0 Å². The fraction of sp³-hybridized carbons (Fsp3) is 0.333. The smallest absolute Gasteiger partial charge is 0.335 e. The third kappa shape index (κ3) is 2.14. The van der Waals surface area contributed by atoms with Gasteiger partial charge in [-0.2, -0.15) is 0 Å². The molecule has 1 aromatic heterocycles. The molecular formula is C12H15N3O2. The molecule has 0 saturated carbocycles. The van der Waals surface area contributed by atoms with Gasteiger partial charge in [0.05, 0.1) is 23.1 Å². The lowest BCUT2D eigenvalue weighted by Gasteiger charge is -2.08. The van der Waals surface area contributed by atoms with Gasteiger partial charge >= 0.3 is 5.97 Å². The average molecular weight is 233 g/mol. The number of imidazole rings is 1. The van der Waals surface area contributed by atoms with Crippen LogP contribution >= 0.6 is 0 Å². The first-order valence-corrected chi connectivity index (χ1v) is 5.32. The van der Waals surface area contributed by atoms with Gasteiger partial charge in [-0.15, -0.1) is 0 Å². The third-order valence-corrected chi connectivity index (χ3v) is 2.68. The van der Waals surface area contributed by atoms with Crippen molar-refractivity contribution in [2.45, 2.75) is 6.54 Å². The predicted octanol–water partition coefficient (Wildman–Crippen LogP) is 1.33. The minimum Gasteiger partial charge on any atom is -0.478 e. The Balaban J connectivity index is 2.53. The van der Waals surface area contributed by atoms with Gasteiger partial charge in [0.1, 0.15) is 5.82 Å². The van der Waals surface area contributed by atoms with Crippen molar-refractivity contribution >= 4 is 17.0 Å². The minimum atomic E-state index is -0.924. The number of carboxylic acid groups (broad SMARTS) is 1. The number of nitrogens with zero attached hydrogens (tertiary/aromatic N) is 3. The number of aryl methyl sites for hydroxylation is 1. The minimum absolute atomic E-state index is 0.270. The summed E-state index contributed by atoms with van der Waals surface area (Å²) in [6, 6.07) is 5.01. The number of hydrogen-bond acceptors (Lipinski definition) is 3. The van der Waals surface area contributed by atoms with Crippen LogP contribution in [0.2, 0.25) is 0 Å². The van der Waals surface area contributed by atoms with E-state index in [0.29, 0.717) is 0 Å². The monoisotopic (exact) mass is 233 g/mol. The Morgan fingerprint density at radius 1 is 1.47 bits per heavy atom. The van der Waals surface area contributed by atoms with E-state index >= 15 is 0 Å². The maximum atomic E-state index is 10.9. The summed E-state index contributed by atoms with van der Waals surface area (Å²) in [5.74, 6) is -0.000693. The average Bonchev–Trinajstić information content (AvgIpc) is 2.54. The summed E-state index contributed by atoms with van der Waals surface area (Å²) in [7, 11) is 5.89. The molecule has 0 amide bonds. The van der Waals surface area contributed by atoms with E-state index in [0.717, 1.165) is 23.4 Å². The van der Waals surface area contributed by atoms with Crippen LogP contribution in [0.3, 0.4) is 0 Å². The van der Waals surface area contributed by atoms with E-state index in [-0.39, 0.29) is 5.56 Å². The largest absolute Gasteiger partial charge is 0.478 e. The maximum absolute atomic E-state index is 10.9. The second-order valence-corrected chi connectivity index (χ2v) is 4.33. The number of aromatic carboxylic acids is 1. The molecule has 5 heteroatoms. The van der Waals surface area contributed by atoms with Crippen LogP contribution < -0.4 is 0 Å². The van der Waals surface area contributed by atoms with Crippen LogP contribution in [0.1, 0.15) is 16.2 Å². The second-order valence-electron chi connectivity index (χ2n) is 4.33. The fourth-order valence-electron chi connectivity index (χ4n) is 1.81. The first-order valence-electron chi connectivity index (χ1n) is 5.32. The van der Waals surface area contributed by atoms with Gasteiger partial charge in [0, 0.05) is 7.05 Å². The van der Waals surface area contributed by atoms with Crippen LogP contribution in [0.5, 0.6) is 0 Å². The first kappa shape index (κ1) is 11.6. The fourth-order valence-corrected chi connectivity index (χ4v) is 1.81. The Hall–Kier alpha value is -1.88. The van der Waals surface area contributed by atoms with Crippen molar-refractivity contribution in [3.8, 4) is 0 Å². The summed E-state index contributed by atoms with van der Waals surface area (Å²) >= 11 is 0. The number of carbonyl (C=O) groups is 1. The standard InChI is InChI=1S/C12H15N3O2/c1-14(2)7-11-13-9-6-8(12(16)17)4-5-10(9)15(11)3/h4-6H,7H2,1-3H3,(H,16,17). The van der Waals surface area contributed by atoms with Crippen molar-refractivity contribution in [3.05, 3.63) is 29.6 Å². The molecule has 0 saturated heterocycles. The number of rotatable bonds is 3. The van der Waals surface area contributed by atoms with E-state index in [1.165, 1.54) is 0 Å². The highest BCUT2D eigenvalue weighted by Gasteiger charge is 2.11. The van der Waals surface area contributed by atoms with Gasteiger partial charge in [-0.3, -0.25) is 0 Å². The van der Waals surface area contributed by atoms with E-state index in [9.17, 15) is 4.79 Å². The molecule has 0 bridgehead atoms. The number of hydrogen-bond donors (Lipinski definition) is 1. The Bertz CT molecular complexity index is 572. The van der Waals surface area contributed by atoms with Gasteiger partial charge in [0.15, 0.2) is 0 Å². The molecule has 17 heavy (non-hydrogen) atoms. The summed E-state index contributed by atoms with van der Waals surface area (Å²) < 4.78 is 1.99. The molecule has 2 aromatic rings. The molecule has 0 unspecified atom stereocenters. The van der Waals surface area contributed by atoms with Gasteiger partial charge in [-0.25, -0.2) is 9.78 Å². The third-order valence-electron chi connectivity index (χ3n) is 2.68. The number of carboxylic acids is 1. The van der Waals surface area contributed by atoms with Crippen LogP contribution in [0.4, 0.5) is 0 Å². The van der Waals surface area contributed by atoms with E-state index in [1.807, 2.05) is 30.6 Å². The van der Waals surface area contributed by atoms with E-state index < -0.39 is 5.97 Å². The summed E-state index contributed by atoms with van der Waals surface area (Å²) in [5.41, 5.74) is 1.95. The molecule has 0 fully saturated rings. The molecular weight excluding hydrogens is 218 g/mol. The number of aromatic nitrogens is 2. The molecule has 0 aliphatic heterocycles. The normalized spacial score (nSPS) is 11.3. The van der Waals surface area contributed by atoms with E-state index in [1.54, 1.807) is 18.2 Å². The maximum Gasteiger partial charge on any atom is 0.335 e. The quantitative estimate of drug-likeness (QED) is 0.869. The van der Waals surface area contributed by atoms with Crippen LogP contribution in [-0.2, 0) is 13.6 Å². The highest BCUT2D eigenvalue weighted by molar-refractivity contribution is 5.92. The zero-order valence-corrected chi connectivity index (χ0v) is 10.1. The Labute approximate surface area is 99.3 Å². The molecule has 0 aliphatic rings. The van der Waals surface area contributed by atoms with Crippen molar-refractivity contribution in [2.75, 3.05) is 14.1 Å². The number of benzene rings is 1. The Kier molecular flexibility index (Phi) is 2.85. The van der Waals surface area contributed by atoms with Crippen LogP contribution in [0.15, 0.2) is 18.2 Å². The van der Waals surface area contributed by atoms with Crippen molar-refractivity contribution in [3.63, 3.8) is 0 Å². The molecule has 1 N–H and O–H groups in total. The molecule has 0 spiro atoms. The van der Waals surface area contributed by atoms with Crippen molar-refractivity contribution < 1.29 is 9.90 Å². The van der Waals surface area contributed by atoms with Crippen molar-refractivity contribution in [2.24, 2.45) is 7.05 Å². The first-order chi connectivity index (χ1) is 7.99. The van der Waals surface area contributed by atoms with Crippen molar-refractivity contribution in [1.82, 2.24) is 14.5 Å². The molecule has 0 radical (unpaired) electrons. The second kappa shape index (κ2) is 4.18. The summed E-state index contributed by atoms with van der Waals surface area (Å²) in [6.45, 7) is 0.730. The molecule has 2 rings (SSSR count). The van der Waals surface area contributed by atoms with Crippen molar-refractivity contribution in [1.29, 1.82) is 0 Å². The summed E-state index contributed by atoms with van der Waals surface area (Å²) in [5, 5.41) is 8.92. The predicted molar refractivity (Wildman–Crippen MR) is 65.1 cm³/mol. The topological polar surface area (TPSA) is 58.4 Å².